The fourth-order valence-corrected chi connectivity index (χ4v) is 7.79. The largest absolute Gasteiger partial charge is 0.416 e. The zero-order valence-corrected chi connectivity index (χ0v) is 36.7. The summed E-state index contributed by atoms with van der Waals surface area (Å²) < 4.78 is 12.2. The van der Waals surface area contributed by atoms with Crippen molar-refractivity contribution in [1.82, 2.24) is 30.4 Å². The van der Waals surface area contributed by atoms with Crippen molar-refractivity contribution in [1.29, 1.82) is 0 Å². The molecule has 10 aromatic rings. The number of hydrogen-bond donors (Lipinski definition) is 0. The molecule has 0 spiro atoms. The Hall–Kier alpha value is -7.84. The first-order valence-corrected chi connectivity index (χ1v) is 21.5. The van der Waals surface area contributed by atoms with Gasteiger partial charge in [0.05, 0.1) is 22.4 Å². The van der Waals surface area contributed by atoms with Crippen molar-refractivity contribution >= 4 is 11.0 Å². The van der Waals surface area contributed by atoms with Gasteiger partial charge in [-0.15, -0.1) is 20.4 Å². The van der Waals surface area contributed by atoms with Crippen LogP contribution < -0.4 is 0 Å². The van der Waals surface area contributed by atoms with Crippen molar-refractivity contribution in [2.75, 3.05) is 0 Å². The van der Waals surface area contributed by atoms with Crippen LogP contribution in [0.2, 0.25) is 0 Å². The van der Waals surface area contributed by atoms with E-state index < -0.39 is 0 Å². The minimum atomic E-state index is 0.0738. The Morgan fingerprint density at radius 3 is 0.781 bits per heavy atom. The van der Waals surface area contributed by atoms with Gasteiger partial charge in [0, 0.05) is 33.4 Å². The molecular formula is C56H46N6O2. The van der Waals surface area contributed by atoms with Crippen LogP contribution in [0.5, 0.6) is 0 Å². The molecule has 0 N–H and O–H groups in total. The highest BCUT2D eigenvalue weighted by Crippen LogP contribution is 2.36. The molecule has 0 saturated heterocycles. The van der Waals surface area contributed by atoms with E-state index in [-0.39, 0.29) is 10.8 Å². The summed E-state index contributed by atoms with van der Waals surface area (Å²) in [6.07, 6.45) is 0. The van der Waals surface area contributed by atoms with E-state index in [4.69, 9.17) is 18.8 Å². The molecule has 0 bridgehead atoms. The predicted octanol–water partition coefficient (Wildman–Crippen LogP) is 14.3. The summed E-state index contributed by atoms with van der Waals surface area (Å²) in [5.74, 6) is 1.97. The monoisotopic (exact) mass is 834 g/mol. The van der Waals surface area contributed by atoms with Gasteiger partial charge in [0.2, 0.25) is 23.6 Å². The van der Waals surface area contributed by atoms with Crippen molar-refractivity contribution in [2.45, 2.75) is 52.4 Å². The fourth-order valence-electron chi connectivity index (χ4n) is 7.79. The Bertz CT molecular complexity index is 3010. The third kappa shape index (κ3) is 8.14. The van der Waals surface area contributed by atoms with Crippen LogP contribution in [0.15, 0.2) is 179 Å². The average molecular weight is 835 g/mol. The van der Waals surface area contributed by atoms with Crippen LogP contribution in [0.25, 0.3) is 102 Å². The first-order chi connectivity index (χ1) is 30.9. The molecule has 0 aliphatic heterocycles. The maximum absolute atomic E-state index is 6.10. The van der Waals surface area contributed by atoms with Gasteiger partial charge in [-0.3, -0.25) is 0 Å². The molecule has 0 saturated carbocycles. The third-order valence-electron chi connectivity index (χ3n) is 11.7. The van der Waals surface area contributed by atoms with Crippen LogP contribution in [-0.2, 0) is 10.8 Å². The maximum atomic E-state index is 6.10. The van der Waals surface area contributed by atoms with E-state index in [2.05, 4.69) is 159 Å². The molecule has 0 fully saturated rings. The summed E-state index contributed by atoms with van der Waals surface area (Å²) in [7, 11) is 0. The Labute approximate surface area is 372 Å². The van der Waals surface area contributed by atoms with Crippen LogP contribution in [-0.4, -0.2) is 30.4 Å². The minimum Gasteiger partial charge on any atom is -0.416 e. The molecule has 0 amide bonds. The summed E-state index contributed by atoms with van der Waals surface area (Å²) in [6, 6.07) is 58.0. The molecule has 0 unspecified atom stereocenters. The first kappa shape index (κ1) is 40.2. The molecule has 0 radical (unpaired) electrons. The molecule has 10 rings (SSSR count). The third-order valence-corrected chi connectivity index (χ3v) is 11.7. The normalized spacial score (nSPS) is 11.9. The van der Waals surface area contributed by atoms with Crippen LogP contribution in [0.4, 0.5) is 0 Å². The zero-order chi connectivity index (χ0) is 44.0. The number of hydrogen-bond acceptors (Lipinski definition) is 8. The number of aromatic nitrogens is 6. The van der Waals surface area contributed by atoms with E-state index in [0.717, 1.165) is 78.1 Å². The van der Waals surface area contributed by atoms with E-state index in [9.17, 15) is 0 Å². The highest BCUT2D eigenvalue weighted by atomic mass is 16.4. The number of fused-ring (bicyclic) bond motifs is 1. The molecule has 64 heavy (non-hydrogen) atoms. The highest BCUT2D eigenvalue weighted by molar-refractivity contribution is 5.87. The summed E-state index contributed by atoms with van der Waals surface area (Å²) in [4.78, 5) is 10.3. The van der Waals surface area contributed by atoms with E-state index >= 15 is 0 Å². The SMILES string of the molecule is CC(C)(C)c1ccc(-c2nnc(-c3ccc(-c4ccc(-c5nc6ccccc6nc5-c5ccc(-c6ccc(-c7nnc(-c8ccc(C(C)(C)C)cc8)o7)cc6)cc5)cc4)cc3)o2)cc1. The van der Waals surface area contributed by atoms with Gasteiger partial charge in [-0.05, 0) is 105 Å². The lowest BCUT2D eigenvalue weighted by Gasteiger charge is -2.18. The highest BCUT2D eigenvalue weighted by Gasteiger charge is 2.19. The van der Waals surface area contributed by atoms with E-state index in [0.29, 0.717) is 23.6 Å². The smallest absolute Gasteiger partial charge is 0.248 e. The molecule has 0 aliphatic carbocycles. The molecule has 3 heterocycles. The lowest BCUT2D eigenvalue weighted by molar-refractivity contribution is 0.582. The maximum Gasteiger partial charge on any atom is 0.248 e. The zero-order valence-electron chi connectivity index (χ0n) is 36.7. The van der Waals surface area contributed by atoms with Gasteiger partial charge in [0.15, 0.2) is 0 Å². The van der Waals surface area contributed by atoms with Crippen molar-refractivity contribution in [3.63, 3.8) is 0 Å². The summed E-state index contributed by atoms with van der Waals surface area (Å²) in [5.41, 5.74) is 15.8. The van der Waals surface area contributed by atoms with Crippen LogP contribution in [0.3, 0.4) is 0 Å². The Kier molecular flexibility index (Phi) is 10.1. The molecular weight excluding hydrogens is 789 g/mol. The van der Waals surface area contributed by atoms with Crippen LogP contribution in [0.1, 0.15) is 52.7 Å². The van der Waals surface area contributed by atoms with Gasteiger partial charge in [-0.1, -0.05) is 151 Å². The number of benzene rings is 7. The number of rotatable bonds is 8. The van der Waals surface area contributed by atoms with E-state index in [1.807, 2.05) is 72.8 Å². The number of para-hydroxylation sites is 2. The van der Waals surface area contributed by atoms with Gasteiger partial charge in [0.25, 0.3) is 0 Å². The Morgan fingerprint density at radius 2 is 0.516 bits per heavy atom. The van der Waals surface area contributed by atoms with Gasteiger partial charge < -0.3 is 8.83 Å². The van der Waals surface area contributed by atoms with Gasteiger partial charge in [0.1, 0.15) is 0 Å². The second kappa shape index (κ2) is 16.1. The molecule has 0 atom stereocenters. The second-order valence-electron chi connectivity index (χ2n) is 18.2. The van der Waals surface area contributed by atoms with Crippen molar-refractivity contribution in [3.8, 4) is 90.6 Å². The Balaban J connectivity index is 0.863. The number of nitrogens with zero attached hydrogens (tertiary/aromatic N) is 6. The second-order valence-corrected chi connectivity index (χ2v) is 18.2. The molecule has 312 valence electrons. The first-order valence-electron chi connectivity index (χ1n) is 21.5. The molecule has 8 nitrogen and oxygen atoms in total. The molecule has 7 aromatic carbocycles. The fraction of sp³-hybridized carbons (Fsp3) is 0.143. The van der Waals surface area contributed by atoms with Crippen molar-refractivity contribution in [2.24, 2.45) is 0 Å². The van der Waals surface area contributed by atoms with Gasteiger partial charge >= 0.3 is 0 Å². The Morgan fingerprint density at radius 1 is 0.281 bits per heavy atom. The topological polar surface area (TPSA) is 104 Å². The summed E-state index contributed by atoms with van der Waals surface area (Å²) >= 11 is 0. The van der Waals surface area contributed by atoms with Gasteiger partial charge in [-0.25, -0.2) is 9.97 Å². The molecule has 8 heteroatoms. The quantitative estimate of drug-likeness (QED) is 0.149. The predicted molar refractivity (Wildman–Crippen MR) is 256 cm³/mol. The standard InChI is InChI=1S/C56H46N6O2/c1-55(2,3)45-31-27-43(28-32-45)53-61-59-51(63-53)41-23-15-37(16-24-41)35-11-19-39(20-12-35)49-50(58-48-10-8-7-9-47(48)57-49)40-21-13-36(14-22-40)38-17-25-42(26-18-38)52-60-62-54(64-52)44-29-33-46(34-30-44)56(4,5)6/h7-34H,1-6H3. The summed E-state index contributed by atoms with van der Waals surface area (Å²) in [6.45, 7) is 13.2. The van der Waals surface area contributed by atoms with E-state index in [1.54, 1.807) is 0 Å². The lowest BCUT2D eigenvalue weighted by Crippen LogP contribution is -2.10. The molecule has 3 aromatic heterocycles. The minimum absolute atomic E-state index is 0.0738. The van der Waals surface area contributed by atoms with Crippen molar-refractivity contribution in [3.05, 3.63) is 181 Å². The lowest BCUT2D eigenvalue weighted by atomic mass is 9.87. The summed E-state index contributed by atoms with van der Waals surface area (Å²) in [5, 5.41) is 17.4. The molecule has 0 aliphatic rings. The van der Waals surface area contributed by atoms with Crippen LogP contribution >= 0.6 is 0 Å². The van der Waals surface area contributed by atoms with E-state index in [1.165, 1.54) is 11.1 Å². The average Bonchev–Trinajstić information content (AvgIpc) is 4.03. The van der Waals surface area contributed by atoms with Crippen molar-refractivity contribution < 1.29 is 8.83 Å². The van der Waals surface area contributed by atoms with Gasteiger partial charge in [-0.2, -0.15) is 0 Å². The van der Waals surface area contributed by atoms with Crippen LogP contribution in [0, 0.1) is 0 Å².